The highest BCUT2D eigenvalue weighted by Gasteiger charge is 2.21. The van der Waals surface area contributed by atoms with Crippen molar-refractivity contribution in [3.63, 3.8) is 0 Å². The summed E-state index contributed by atoms with van der Waals surface area (Å²) in [4.78, 5) is 25.3. The van der Waals surface area contributed by atoms with Crippen LogP contribution in [0.15, 0.2) is 67.0 Å². The van der Waals surface area contributed by atoms with Crippen LogP contribution < -0.4 is 9.64 Å². The van der Waals surface area contributed by atoms with Gasteiger partial charge in [-0.25, -0.2) is 14.4 Å². The Labute approximate surface area is 187 Å². The second kappa shape index (κ2) is 10.0. The average Bonchev–Trinajstić information content (AvgIpc) is 2.84. The molecule has 0 saturated carbocycles. The van der Waals surface area contributed by atoms with E-state index in [4.69, 9.17) is 4.74 Å². The van der Waals surface area contributed by atoms with Crippen molar-refractivity contribution in [1.29, 1.82) is 0 Å². The number of hydrogen-bond donors (Lipinski definition) is 0. The highest BCUT2D eigenvalue weighted by atomic mass is 19.1. The first-order valence-electron chi connectivity index (χ1n) is 10.6. The topological polar surface area (TPSA) is 58.6 Å². The summed E-state index contributed by atoms with van der Waals surface area (Å²) in [7, 11) is 0. The van der Waals surface area contributed by atoms with Crippen molar-refractivity contribution in [3.05, 3.63) is 78.4 Å². The van der Waals surface area contributed by atoms with Gasteiger partial charge >= 0.3 is 0 Å². The molecule has 0 bridgehead atoms. The number of carbonyl (C=O) groups is 1. The van der Waals surface area contributed by atoms with Crippen LogP contribution in [0.5, 0.6) is 5.75 Å². The minimum Gasteiger partial charge on any atom is -0.494 e. The van der Waals surface area contributed by atoms with E-state index >= 15 is 0 Å². The molecule has 164 valence electrons. The second-order valence-corrected chi connectivity index (χ2v) is 7.42. The molecule has 2 heterocycles. The maximum Gasteiger partial charge on any atom is 0.246 e. The van der Waals surface area contributed by atoms with Gasteiger partial charge in [0, 0.05) is 43.9 Å². The van der Waals surface area contributed by atoms with Crippen LogP contribution in [0, 0.1) is 5.82 Å². The molecule has 1 amide bonds. The lowest BCUT2D eigenvalue weighted by Crippen LogP contribution is -2.48. The highest BCUT2D eigenvalue weighted by Crippen LogP contribution is 2.24. The van der Waals surface area contributed by atoms with E-state index in [1.807, 2.05) is 42.2 Å². The van der Waals surface area contributed by atoms with Crippen molar-refractivity contribution in [2.24, 2.45) is 0 Å². The summed E-state index contributed by atoms with van der Waals surface area (Å²) in [6.45, 7) is 5.18. The molecular weight excluding hydrogens is 407 g/mol. The first-order valence-corrected chi connectivity index (χ1v) is 10.6. The quantitative estimate of drug-likeness (QED) is 0.550. The standard InChI is InChI=1S/C25H25FN4O2/c1-2-32-22-10-6-20(7-11-22)23-17-24(28-18-27-23)29-13-15-30(16-14-29)25(31)12-5-19-3-8-21(26)9-4-19/h3-12,17-18H,2,13-16H2,1H3/b12-5-. The largest absolute Gasteiger partial charge is 0.494 e. The number of nitrogens with zero attached hydrogens (tertiary/aromatic N) is 4. The van der Waals surface area contributed by atoms with Gasteiger partial charge in [0.05, 0.1) is 12.3 Å². The molecule has 2 aromatic carbocycles. The van der Waals surface area contributed by atoms with Gasteiger partial charge in [0.2, 0.25) is 5.91 Å². The number of halogens is 1. The highest BCUT2D eigenvalue weighted by molar-refractivity contribution is 5.92. The normalized spacial score (nSPS) is 14.1. The molecule has 6 nitrogen and oxygen atoms in total. The summed E-state index contributed by atoms with van der Waals surface area (Å²) in [6.07, 6.45) is 4.82. The molecule has 0 radical (unpaired) electrons. The van der Waals surface area contributed by atoms with Gasteiger partial charge in [-0.1, -0.05) is 12.1 Å². The van der Waals surface area contributed by atoms with Gasteiger partial charge in [0.1, 0.15) is 23.7 Å². The van der Waals surface area contributed by atoms with Crippen molar-refractivity contribution < 1.29 is 13.9 Å². The molecule has 32 heavy (non-hydrogen) atoms. The summed E-state index contributed by atoms with van der Waals surface area (Å²) >= 11 is 0. The van der Waals surface area contributed by atoms with Gasteiger partial charge in [0.25, 0.3) is 0 Å². The zero-order chi connectivity index (χ0) is 22.3. The van der Waals surface area contributed by atoms with Crippen LogP contribution in [-0.4, -0.2) is 53.6 Å². The van der Waals surface area contributed by atoms with Crippen LogP contribution in [0.1, 0.15) is 12.5 Å². The van der Waals surface area contributed by atoms with E-state index in [0.29, 0.717) is 32.8 Å². The predicted octanol–water partition coefficient (Wildman–Crippen LogP) is 4.04. The molecule has 0 atom stereocenters. The fourth-order valence-electron chi connectivity index (χ4n) is 3.57. The number of ether oxygens (including phenoxy) is 1. The third kappa shape index (κ3) is 5.29. The Morgan fingerprint density at radius 2 is 1.75 bits per heavy atom. The molecule has 1 aliphatic rings. The second-order valence-electron chi connectivity index (χ2n) is 7.42. The molecule has 1 fully saturated rings. The lowest BCUT2D eigenvalue weighted by molar-refractivity contribution is -0.126. The van der Waals surface area contributed by atoms with Crippen LogP contribution in [0.25, 0.3) is 17.3 Å². The summed E-state index contributed by atoms with van der Waals surface area (Å²) < 4.78 is 18.5. The number of amides is 1. The Morgan fingerprint density at radius 1 is 1.03 bits per heavy atom. The first kappa shape index (κ1) is 21.5. The van der Waals surface area contributed by atoms with E-state index in [1.165, 1.54) is 18.2 Å². The summed E-state index contributed by atoms with van der Waals surface area (Å²) in [5.41, 5.74) is 2.64. The zero-order valence-electron chi connectivity index (χ0n) is 17.9. The predicted molar refractivity (Wildman–Crippen MR) is 123 cm³/mol. The number of carbonyl (C=O) groups excluding carboxylic acids is 1. The van der Waals surface area contributed by atoms with Crippen molar-refractivity contribution in [2.45, 2.75) is 6.92 Å². The van der Waals surface area contributed by atoms with Crippen molar-refractivity contribution in [2.75, 3.05) is 37.7 Å². The number of piperazine rings is 1. The molecule has 4 rings (SSSR count). The Bertz CT molecular complexity index is 1080. The molecule has 1 aliphatic heterocycles. The Balaban J connectivity index is 1.36. The molecule has 3 aromatic rings. The Hall–Kier alpha value is -3.74. The number of hydrogen-bond acceptors (Lipinski definition) is 5. The fraction of sp³-hybridized carbons (Fsp3) is 0.240. The maximum absolute atomic E-state index is 13.0. The summed E-state index contributed by atoms with van der Waals surface area (Å²) in [6, 6.07) is 15.9. The van der Waals surface area contributed by atoms with Gasteiger partial charge in [-0.05, 0) is 55.0 Å². The molecule has 0 spiro atoms. The van der Waals surface area contributed by atoms with E-state index in [-0.39, 0.29) is 11.7 Å². The van der Waals surface area contributed by atoms with E-state index < -0.39 is 0 Å². The minimum absolute atomic E-state index is 0.0493. The van der Waals surface area contributed by atoms with Crippen LogP contribution in [0.3, 0.4) is 0 Å². The smallest absolute Gasteiger partial charge is 0.246 e. The van der Waals surface area contributed by atoms with E-state index in [9.17, 15) is 9.18 Å². The zero-order valence-corrected chi connectivity index (χ0v) is 17.9. The Morgan fingerprint density at radius 3 is 2.44 bits per heavy atom. The maximum atomic E-state index is 13.0. The van der Waals surface area contributed by atoms with Gasteiger partial charge in [-0.3, -0.25) is 4.79 Å². The third-order valence-electron chi connectivity index (χ3n) is 5.32. The number of benzene rings is 2. The van der Waals surface area contributed by atoms with Crippen molar-refractivity contribution in [1.82, 2.24) is 14.9 Å². The lowest BCUT2D eigenvalue weighted by atomic mass is 10.1. The summed E-state index contributed by atoms with van der Waals surface area (Å²) in [5, 5.41) is 0. The number of aromatic nitrogens is 2. The molecule has 7 heteroatoms. The van der Waals surface area contributed by atoms with Gasteiger partial charge < -0.3 is 14.5 Å². The lowest BCUT2D eigenvalue weighted by Gasteiger charge is -2.35. The van der Waals surface area contributed by atoms with Gasteiger partial charge in [0.15, 0.2) is 0 Å². The number of anilines is 1. The van der Waals surface area contributed by atoms with Gasteiger partial charge in [-0.15, -0.1) is 0 Å². The molecule has 0 unspecified atom stereocenters. The van der Waals surface area contributed by atoms with Crippen LogP contribution in [0.2, 0.25) is 0 Å². The van der Waals surface area contributed by atoms with E-state index in [2.05, 4.69) is 14.9 Å². The SMILES string of the molecule is CCOc1ccc(-c2cc(N3CCN(C(=O)/C=C\c4ccc(F)cc4)CC3)ncn2)cc1. The minimum atomic E-state index is -0.292. The van der Waals surface area contributed by atoms with Gasteiger partial charge in [-0.2, -0.15) is 0 Å². The molecule has 0 N–H and O–H groups in total. The van der Waals surface area contributed by atoms with Crippen molar-refractivity contribution >= 4 is 17.8 Å². The van der Waals surface area contributed by atoms with Crippen LogP contribution in [-0.2, 0) is 4.79 Å². The molecule has 1 aromatic heterocycles. The average molecular weight is 432 g/mol. The molecular formula is C25H25FN4O2. The third-order valence-corrected chi connectivity index (χ3v) is 5.32. The number of rotatable bonds is 6. The molecule has 0 aliphatic carbocycles. The summed E-state index contributed by atoms with van der Waals surface area (Å²) in [5.74, 6) is 1.34. The van der Waals surface area contributed by atoms with Crippen LogP contribution >= 0.6 is 0 Å². The first-order chi connectivity index (χ1) is 15.6. The molecule has 1 saturated heterocycles. The van der Waals surface area contributed by atoms with E-state index in [0.717, 1.165) is 28.4 Å². The fourth-order valence-corrected chi connectivity index (χ4v) is 3.57. The van der Waals surface area contributed by atoms with Crippen LogP contribution in [0.4, 0.5) is 10.2 Å². The Kier molecular flexibility index (Phi) is 6.75. The van der Waals surface area contributed by atoms with Crippen molar-refractivity contribution in [3.8, 4) is 17.0 Å². The monoisotopic (exact) mass is 432 g/mol. The van der Waals surface area contributed by atoms with E-state index in [1.54, 1.807) is 24.5 Å².